The van der Waals surface area contributed by atoms with Crippen molar-refractivity contribution in [3.05, 3.63) is 46.5 Å². The monoisotopic (exact) mass is 337 g/mol. The first-order valence-electron chi connectivity index (χ1n) is 6.79. The zero-order valence-electron chi connectivity index (χ0n) is 12.1. The van der Waals surface area contributed by atoms with Gasteiger partial charge in [-0.2, -0.15) is 0 Å². The highest BCUT2D eigenvalue weighted by molar-refractivity contribution is 9.10. The summed E-state index contributed by atoms with van der Waals surface area (Å²) >= 11 is 3.63. The molecular weight excluding hydrogens is 318 g/mol. The van der Waals surface area contributed by atoms with Crippen LogP contribution in [0.4, 0.5) is 0 Å². The number of benzene rings is 1. The van der Waals surface area contributed by atoms with E-state index in [4.69, 9.17) is 4.74 Å². The second-order valence-corrected chi connectivity index (χ2v) is 5.30. The van der Waals surface area contributed by atoms with E-state index in [1.165, 1.54) is 0 Å². The number of ether oxygens (including phenoxy) is 1. The Labute approximate surface area is 128 Å². The van der Waals surface area contributed by atoms with Crippen LogP contribution in [0.15, 0.2) is 35.1 Å². The summed E-state index contributed by atoms with van der Waals surface area (Å²) in [5.41, 5.74) is 1.13. The lowest BCUT2D eigenvalue weighted by molar-refractivity contribution is 0.413. The first-order valence-corrected chi connectivity index (χ1v) is 7.58. The van der Waals surface area contributed by atoms with Crippen molar-refractivity contribution in [2.45, 2.75) is 26.4 Å². The molecule has 0 aliphatic carbocycles. The molecule has 0 radical (unpaired) electrons. The first-order chi connectivity index (χ1) is 9.71. The molecule has 5 heteroatoms. The predicted octanol–water partition coefficient (Wildman–Crippen LogP) is 3.37. The van der Waals surface area contributed by atoms with Gasteiger partial charge in [0, 0.05) is 23.4 Å². The Morgan fingerprint density at radius 1 is 1.40 bits per heavy atom. The van der Waals surface area contributed by atoms with E-state index in [0.717, 1.165) is 34.7 Å². The Bertz CT molecular complexity index is 568. The summed E-state index contributed by atoms with van der Waals surface area (Å²) < 4.78 is 8.54. The van der Waals surface area contributed by atoms with Crippen LogP contribution in [-0.4, -0.2) is 23.2 Å². The number of rotatable bonds is 6. The third-order valence-corrected chi connectivity index (χ3v) is 3.99. The largest absolute Gasteiger partial charge is 0.497 e. The van der Waals surface area contributed by atoms with E-state index in [1.807, 2.05) is 30.6 Å². The summed E-state index contributed by atoms with van der Waals surface area (Å²) in [4.78, 5) is 4.52. The van der Waals surface area contributed by atoms with E-state index in [1.54, 1.807) is 7.11 Å². The molecule has 2 aromatic rings. The van der Waals surface area contributed by atoms with Gasteiger partial charge < -0.3 is 14.6 Å². The zero-order valence-corrected chi connectivity index (χ0v) is 13.6. The third-order valence-electron chi connectivity index (χ3n) is 3.27. The number of hydrogen-bond acceptors (Lipinski definition) is 3. The molecule has 0 aliphatic rings. The SMILES string of the molecule is CCNC(c1cc(OC)ccc1Br)c1nccn1CC. The fourth-order valence-corrected chi connectivity index (χ4v) is 2.74. The van der Waals surface area contributed by atoms with E-state index in [9.17, 15) is 0 Å². The molecular formula is C15H20BrN3O. The predicted molar refractivity (Wildman–Crippen MR) is 84.1 cm³/mol. The van der Waals surface area contributed by atoms with Crippen LogP contribution in [0, 0.1) is 0 Å². The summed E-state index contributed by atoms with van der Waals surface area (Å²) in [6.07, 6.45) is 3.85. The summed E-state index contributed by atoms with van der Waals surface area (Å²) in [5.74, 6) is 1.86. The van der Waals surface area contributed by atoms with E-state index in [2.05, 4.69) is 44.6 Å². The van der Waals surface area contributed by atoms with Crippen LogP contribution in [0.5, 0.6) is 5.75 Å². The third kappa shape index (κ3) is 3.04. The molecule has 0 saturated heterocycles. The van der Waals surface area contributed by atoms with Crippen LogP contribution in [0.25, 0.3) is 0 Å². The van der Waals surface area contributed by atoms with Gasteiger partial charge in [-0.05, 0) is 37.2 Å². The summed E-state index contributed by atoms with van der Waals surface area (Å²) in [6.45, 7) is 5.98. The number of halogens is 1. The Balaban J connectivity index is 2.48. The van der Waals surface area contributed by atoms with Gasteiger partial charge in [0.2, 0.25) is 0 Å². The van der Waals surface area contributed by atoms with Crippen LogP contribution in [0.2, 0.25) is 0 Å². The molecule has 0 aliphatic heterocycles. The van der Waals surface area contributed by atoms with Gasteiger partial charge in [0.25, 0.3) is 0 Å². The second-order valence-electron chi connectivity index (χ2n) is 4.45. The highest BCUT2D eigenvalue weighted by atomic mass is 79.9. The average Bonchev–Trinajstić information content (AvgIpc) is 2.94. The number of hydrogen-bond donors (Lipinski definition) is 1. The molecule has 1 aromatic carbocycles. The Morgan fingerprint density at radius 2 is 2.20 bits per heavy atom. The number of aromatic nitrogens is 2. The van der Waals surface area contributed by atoms with Gasteiger partial charge in [0.15, 0.2) is 0 Å². The minimum atomic E-state index is 0.0411. The molecule has 0 saturated carbocycles. The summed E-state index contributed by atoms with van der Waals surface area (Å²) in [5, 5.41) is 3.50. The molecule has 1 heterocycles. The molecule has 4 nitrogen and oxygen atoms in total. The van der Waals surface area contributed by atoms with Crippen LogP contribution >= 0.6 is 15.9 Å². The minimum absolute atomic E-state index is 0.0411. The van der Waals surface area contributed by atoms with Crippen LogP contribution in [-0.2, 0) is 6.54 Å². The van der Waals surface area contributed by atoms with Crippen LogP contribution < -0.4 is 10.1 Å². The van der Waals surface area contributed by atoms with E-state index >= 15 is 0 Å². The second kappa shape index (κ2) is 6.90. The standard InChI is InChI=1S/C15H20BrN3O/c1-4-17-14(15-18-8-9-19(15)5-2)12-10-11(20-3)6-7-13(12)16/h6-10,14,17H,4-5H2,1-3H3. The normalized spacial score (nSPS) is 12.4. The van der Waals surface area contributed by atoms with Crippen molar-refractivity contribution in [2.75, 3.05) is 13.7 Å². The molecule has 1 atom stereocenters. The molecule has 0 amide bonds. The molecule has 0 bridgehead atoms. The molecule has 1 aromatic heterocycles. The molecule has 108 valence electrons. The number of aryl methyl sites for hydroxylation is 1. The van der Waals surface area contributed by atoms with E-state index < -0.39 is 0 Å². The van der Waals surface area contributed by atoms with Gasteiger partial charge in [-0.25, -0.2) is 4.98 Å². The number of nitrogens with one attached hydrogen (secondary N) is 1. The maximum atomic E-state index is 5.34. The van der Waals surface area contributed by atoms with Gasteiger partial charge in [-0.15, -0.1) is 0 Å². The van der Waals surface area contributed by atoms with Gasteiger partial charge in [0.1, 0.15) is 11.6 Å². The number of methoxy groups -OCH3 is 1. The van der Waals surface area contributed by atoms with E-state index in [-0.39, 0.29) is 6.04 Å². The zero-order chi connectivity index (χ0) is 14.5. The molecule has 1 unspecified atom stereocenters. The van der Waals surface area contributed by atoms with Crippen molar-refractivity contribution < 1.29 is 4.74 Å². The fourth-order valence-electron chi connectivity index (χ4n) is 2.26. The minimum Gasteiger partial charge on any atom is -0.497 e. The number of imidazole rings is 1. The fraction of sp³-hybridized carbons (Fsp3) is 0.400. The summed E-state index contributed by atoms with van der Waals surface area (Å²) in [7, 11) is 1.68. The quantitative estimate of drug-likeness (QED) is 0.878. The maximum absolute atomic E-state index is 5.34. The van der Waals surface area contributed by atoms with Crippen molar-refractivity contribution >= 4 is 15.9 Å². The van der Waals surface area contributed by atoms with Crippen molar-refractivity contribution in [1.82, 2.24) is 14.9 Å². The lowest BCUT2D eigenvalue weighted by atomic mass is 10.1. The van der Waals surface area contributed by atoms with Crippen molar-refractivity contribution in [2.24, 2.45) is 0 Å². The van der Waals surface area contributed by atoms with Gasteiger partial charge in [-0.3, -0.25) is 0 Å². The average molecular weight is 338 g/mol. The lowest BCUT2D eigenvalue weighted by Crippen LogP contribution is -2.25. The first kappa shape index (κ1) is 15.1. The Morgan fingerprint density at radius 3 is 2.85 bits per heavy atom. The topological polar surface area (TPSA) is 39.1 Å². The van der Waals surface area contributed by atoms with Crippen molar-refractivity contribution in [1.29, 1.82) is 0 Å². The smallest absolute Gasteiger partial charge is 0.130 e. The summed E-state index contributed by atoms with van der Waals surface area (Å²) in [6, 6.07) is 6.05. The highest BCUT2D eigenvalue weighted by Crippen LogP contribution is 2.31. The highest BCUT2D eigenvalue weighted by Gasteiger charge is 2.20. The molecule has 2 rings (SSSR count). The number of nitrogens with zero attached hydrogens (tertiary/aromatic N) is 2. The van der Waals surface area contributed by atoms with Gasteiger partial charge in [0.05, 0.1) is 13.2 Å². The van der Waals surface area contributed by atoms with Crippen molar-refractivity contribution in [3.8, 4) is 5.75 Å². The molecule has 1 N–H and O–H groups in total. The van der Waals surface area contributed by atoms with Gasteiger partial charge in [-0.1, -0.05) is 22.9 Å². The Hall–Kier alpha value is -1.33. The maximum Gasteiger partial charge on any atom is 0.130 e. The van der Waals surface area contributed by atoms with E-state index in [0.29, 0.717) is 0 Å². The lowest BCUT2D eigenvalue weighted by Gasteiger charge is -2.21. The van der Waals surface area contributed by atoms with Crippen LogP contribution in [0.1, 0.15) is 31.3 Å². The van der Waals surface area contributed by atoms with Crippen molar-refractivity contribution in [3.63, 3.8) is 0 Å². The Kier molecular flexibility index (Phi) is 5.20. The molecule has 0 spiro atoms. The molecule has 0 fully saturated rings. The van der Waals surface area contributed by atoms with Crippen LogP contribution in [0.3, 0.4) is 0 Å². The molecule has 20 heavy (non-hydrogen) atoms. The van der Waals surface area contributed by atoms with Gasteiger partial charge >= 0.3 is 0 Å².